The summed E-state index contributed by atoms with van der Waals surface area (Å²) < 4.78 is 0. The minimum Gasteiger partial charge on any atom is -0.388 e. The molecule has 1 saturated heterocycles. The van der Waals surface area contributed by atoms with Crippen LogP contribution in [0.1, 0.15) is 52.4 Å². The van der Waals surface area contributed by atoms with Crippen LogP contribution in [0, 0.1) is 11.8 Å². The molecule has 1 aliphatic heterocycles. The number of likely N-dealkylation sites (tertiary alicyclic amines) is 1. The molecule has 0 radical (unpaired) electrons. The first-order valence-corrected chi connectivity index (χ1v) is 8.17. The molecule has 2 rings (SSSR count). The van der Waals surface area contributed by atoms with Crippen molar-refractivity contribution in [1.82, 2.24) is 10.2 Å². The molecule has 0 aromatic heterocycles. The third-order valence-electron chi connectivity index (χ3n) is 4.55. The van der Waals surface area contributed by atoms with Gasteiger partial charge >= 0.3 is 0 Å². The molecular formula is C16H28N2O3. The lowest BCUT2D eigenvalue weighted by Crippen LogP contribution is -2.46. The maximum atomic E-state index is 12.2. The minimum absolute atomic E-state index is 0.0697. The van der Waals surface area contributed by atoms with Crippen LogP contribution in [0.4, 0.5) is 0 Å². The van der Waals surface area contributed by atoms with Gasteiger partial charge in [-0.1, -0.05) is 33.1 Å². The third-order valence-corrected chi connectivity index (χ3v) is 4.55. The van der Waals surface area contributed by atoms with Crippen LogP contribution in [0.2, 0.25) is 0 Å². The number of nitrogens with one attached hydrogen (secondary N) is 1. The molecule has 2 aliphatic rings. The van der Waals surface area contributed by atoms with Gasteiger partial charge in [-0.25, -0.2) is 0 Å². The molecular weight excluding hydrogens is 268 g/mol. The number of aliphatic hydroxyl groups is 1. The zero-order valence-corrected chi connectivity index (χ0v) is 13.2. The van der Waals surface area contributed by atoms with Crippen molar-refractivity contribution >= 4 is 11.8 Å². The third kappa shape index (κ3) is 4.43. The van der Waals surface area contributed by atoms with Crippen LogP contribution < -0.4 is 5.32 Å². The summed E-state index contributed by atoms with van der Waals surface area (Å²) in [5, 5.41) is 13.3. The maximum Gasteiger partial charge on any atom is 0.225 e. The molecule has 0 bridgehead atoms. The highest BCUT2D eigenvalue weighted by atomic mass is 16.3. The largest absolute Gasteiger partial charge is 0.388 e. The van der Waals surface area contributed by atoms with Gasteiger partial charge in [-0.2, -0.15) is 0 Å². The number of rotatable bonds is 5. The van der Waals surface area contributed by atoms with Gasteiger partial charge in [-0.3, -0.25) is 9.59 Å². The average molecular weight is 296 g/mol. The second-order valence-electron chi connectivity index (χ2n) is 7.10. The SMILES string of the molecule is CC(C)CN1CC(C(=O)NCC2(O)CCCCC2)CC1=O. The predicted molar refractivity (Wildman–Crippen MR) is 80.6 cm³/mol. The van der Waals surface area contributed by atoms with E-state index in [-0.39, 0.29) is 17.7 Å². The van der Waals surface area contributed by atoms with Crippen LogP contribution in [-0.2, 0) is 9.59 Å². The number of nitrogens with zero attached hydrogens (tertiary/aromatic N) is 1. The highest BCUT2D eigenvalue weighted by Crippen LogP contribution is 2.27. The average Bonchev–Trinajstić information content (AvgIpc) is 2.78. The fourth-order valence-electron chi connectivity index (χ4n) is 3.35. The Morgan fingerprint density at radius 1 is 1.38 bits per heavy atom. The first kappa shape index (κ1) is 16.3. The monoisotopic (exact) mass is 296 g/mol. The van der Waals surface area contributed by atoms with E-state index < -0.39 is 5.60 Å². The maximum absolute atomic E-state index is 12.2. The van der Waals surface area contributed by atoms with Crippen LogP contribution in [0.25, 0.3) is 0 Å². The van der Waals surface area contributed by atoms with Gasteiger partial charge in [0.05, 0.1) is 11.5 Å². The Balaban J connectivity index is 1.80. The molecule has 0 aromatic carbocycles. The van der Waals surface area contributed by atoms with Crippen LogP contribution in [0.5, 0.6) is 0 Å². The molecule has 2 amide bonds. The van der Waals surface area contributed by atoms with Crippen LogP contribution in [0.15, 0.2) is 0 Å². The highest BCUT2D eigenvalue weighted by molar-refractivity contribution is 5.89. The van der Waals surface area contributed by atoms with Crippen LogP contribution in [-0.4, -0.2) is 47.1 Å². The van der Waals surface area contributed by atoms with Crippen molar-refractivity contribution in [3.63, 3.8) is 0 Å². The number of carbonyl (C=O) groups excluding carboxylic acids is 2. The second kappa shape index (κ2) is 6.77. The summed E-state index contributed by atoms with van der Waals surface area (Å²) in [6.45, 7) is 5.69. The number of hydrogen-bond acceptors (Lipinski definition) is 3. The van der Waals surface area contributed by atoms with E-state index in [1.54, 1.807) is 4.90 Å². The number of hydrogen-bond donors (Lipinski definition) is 2. The smallest absolute Gasteiger partial charge is 0.225 e. The Bertz CT molecular complexity index is 389. The van der Waals surface area contributed by atoms with Gasteiger partial charge in [0.2, 0.25) is 11.8 Å². The first-order valence-electron chi connectivity index (χ1n) is 8.17. The van der Waals surface area contributed by atoms with Crippen molar-refractivity contribution < 1.29 is 14.7 Å². The Kier molecular flexibility index (Phi) is 5.25. The molecule has 1 saturated carbocycles. The van der Waals surface area contributed by atoms with Crippen LogP contribution >= 0.6 is 0 Å². The zero-order chi connectivity index (χ0) is 15.5. The highest BCUT2D eigenvalue weighted by Gasteiger charge is 2.36. The fourth-order valence-corrected chi connectivity index (χ4v) is 3.35. The van der Waals surface area contributed by atoms with Crippen molar-refractivity contribution in [2.75, 3.05) is 19.6 Å². The molecule has 1 atom stereocenters. The van der Waals surface area contributed by atoms with Crippen LogP contribution in [0.3, 0.4) is 0 Å². The van der Waals surface area contributed by atoms with E-state index in [9.17, 15) is 14.7 Å². The summed E-state index contributed by atoms with van der Waals surface area (Å²) in [6, 6.07) is 0. The van der Waals surface area contributed by atoms with E-state index in [0.717, 1.165) is 32.1 Å². The van der Waals surface area contributed by atoms with E-state index in [2.05, 4.69) is 19.2 Å². The van der Waals surface area contributed by atoms with E-state index in [4.69, 9.17) is 0 Å². The summed E-state index contributed by atoms with van der Waals surface area (Å²) in [7, 11) is 0. The Morgan fingerprint density at radius 3 is 2.67 bits per heavy atom. The lowest BCUT2D eigenvalue weighted by atomic mass is 9.85. The lowest BCUT2D eigenvalue weighted by molar-refractivity contribution is -0.129. The molecule has 0 spiro atoms. The molecule has 0 aromatic rings. The van der Waals surface area contributed by atoms with Crippen molar-refractivity contribution in [3.8, 4) is 0 Å². The molecule has 1 aliphatic carbocycles. The van der Waals surface area contributed by atoms with Gasteiger partial charge in [-0.15, -0.1) is 0 Å². The lowest BCUT2D eigenvalue weighted by Gasteiger charge is -2.32. The molecule has 21 heavy (non-hydrogen) atoms. The topological polar surface area (TPSA) is 69.6 Å². The number of carbonyl (C=O) groups is 2. The van der Waals surface area contributed by atoms with Gasteiger partial charge in [-0.05, 0) is 18.8 Å². The standard InChI is InChI=1S/C16H28N2O3/c1-12(2)9-18-10-13(8-14(18)19)15(20)17-11-16(21)6-4-3-5-7-16/h12-13,21H,3-11H2,1-2H3,(H,17,20). The van der Waals surface area contributed by atoms with Gasteiger partial charge in [0.1, 0.15) is 0 Å². The Morgan fingerprint density at radius 2 is 2.05 bits per heavy atom. The molecule has 1 unspecified atom stereocenters. The van der Waals surface area contributed by atoms with E-state index in [0.29, 0.717) is 32.0 Å². The summed E-state index contributed by atoms with van der Waals surface area (Å²) in [4.78, 5) is 25.9. The second-order valence-corrected chi connectivity index (χ2v) is 7.10. The number of amides is 2. The quantitative estimate of drug-likeness (QED) is 0.803. The van der Waals surface area contributed by atoms with Crippen molar-refractivity contribution in [2.45, 2.75) is 58.0 Å². The normalized spacial score (nSPS) is 25.4. The van der Waals surface area contributed by atoms with E-state index >= 15 is 0 Å². The molecule has 2 fully saturated rings. The minimum atomic E-state index is -0.742. The van der Waals surface area contributed by atoms with Gasteiger partial charge < -0.3 is 15.3 Å². The Labute approximate surface area is 127 Å². The van der Waals surface area contributed by atoms with Gasteiger partial charge in [0, 0.05) is 26.1 Å². The summed E-state index contributed by atoms with van der Waals surface area (Å²) in [6.07, 6.45) is 5.04. The van der Waals surface area contributed by atoms with Crippen molar-refractivity contribution in [2.24, 2.45) is 11.8 Å². The molecule has 5 nitrogen and oxygen atoms in total. The molecule has 2 N–H and O–H groups in total. The molecule has 120 valence electrons. The van der Waals surface area contributed by atoms with E-state index in [1.165, 1.54) is 0 Å². The predicted octanol–water partition coefficient (Wildman–Crippen LogP) is 1.30. The van der Waals surface area contributed by atoms with Crippen molar-refractivity contribution in [1.29, 1.82) is 0 Å². The van der Waals surface area contributed by atoms with Gasteiger partial charge in [0.25, 0.3) is 0 Å². The molecule has 5 heteroatoms. The summed E-state index contributed by atoms with van der Waals surface area (Å²) >= 11 is 0. The Hall–Kier alpha value is -1.10. The summed E-state index contributed by atoms with van der Waals surface area (Å²) in [5.41, 5.74) is -0.742. The first-order chi connectivity index (χ1) is 9.89. The van der Waals surface area contributed by atoms with Gasteiger partial charge in [0.15, 0.2) is 0 Å². The van der Waals surface area contributed by atoms with Crippen molar-refractivity contribution in [3.05, 3.63) is 0 Å². The van der Waals surface area contributed by atoms with E-state index in [1.807, 2.05) is 0 Å². The zero-order valence-electron chi connectivity index (χ0n) is 13.2. The fraction of sp³-hybridized carbons (Fsp3) is 0.875. The molecule has 1 heterocycles. The summed E-state index contributed by atoms with van der Waals surface area (Å²) in [5.74, 6) is 0.135.